The molecule has 257 valence electrons. The van der Waals surface area contributed by atoms with Crippen LogP contribution in [-0.4, -0.2) is 5.92 Å². The van der Waals surface area contributed by atoms with Crippen LogP contribution in [0.5, 0.6) is 0 Å². The molecule has 6 aromatic carbocycles. The van der Waals surface area contributed by atoms with Gasteiger partial charge in [0.2, 0.25) is 0 Å². The summed E-state index contributed by atoms with van der Waals surface area (Å²) in [6, 6.07) is 42.7. The quantitative estimate of drug-likeness (QED) is 0.135. The van der Waals surface area contributed by atoms with E-state index in [9.17, 15) is 0 Å². The first-order valence-corrected chi connectivity index (χ1v) is 34.4. The fourth-order valence-corrected chi connectivity index (χ4v) is 63.9. The average molecular weight is 802 g/mol. The van der Waals surface area contributed by atoms with Gasteiger partial charge in [-0.2, -0.15) is 0 Å². The van der Waals surface area contributed by atoms with Gasteiger partial charge in [-0.25, -0.2) is 0 Å². The normalized spacial score (nSPS) is 17.7. The van der Waals surface area contributed by atoms with Gasteiger partial charge in [-0.05, 0) is 0 Å². The number of aryl methyl sites for hydroxylation is 2. The Morgan fingerprint density at radius 3 is 1.51 bits per heavy atom. The second-order valence-corrected chi connectivity index (χ2v) is 55.9. The van der Waals surface area contributed by atoms with Crippen LogP contribution in [0.3, 0.4) is 0 Å². The fraction of sp³-hybridized carbons (Fsp3) is 0.234. The molecule has 0 radical (unpaired) electrons. The van der Waals surface area contributed by atoms with Crippen molar-refractivity contribution >= 4 is 56.6 Å². The molecule has 0 saturated heterocycles. The van der Waals surface area contributed by atoms with E-state index < -0.39 is 21.5 Å². The van der Waals surface area contributed by atoms with Gasteiger partial charge in [0.05, 0.1) is 0 Å². The van der Waals surface area contributed by atoms with Crippen LogP contribution < -0.4 is 0 Å². The second-order valence-electron chi connectivity index (χ2n) is 15.2. The van der Waals surface area contributed by atoms with Crippen molar-refractivity contribution in [1.82, 2.24) is 0 Å². The van der Waals surface area contributed by atoms with Crippen LogP contribution in [0.2, 0.25) is 12.1 Å². The van der Waals surface area contributed by atoms with E-state index in [4.69, 9.17) is 17.0 Å². The molecule has 0 spiro atoms. The molecule has 2 aliphatic carbocycles. The van der Waals surface area contributed by atoms with E-state index in [1.54, 1.807) is 0 Å². The average Bonchev–Trinajstić information content (AvgIpc) is 3.73. The number of hydrogen-bond donors (Lipinski definition) is 0. The van der Waals surface area contributed by atoms with Gasteiger partial charge >= 0.3 is 315 Å². The third-order valence-electron chi connectivity index (χ3n) is 12.5. The van der Waals surface area contributed by atoms with E-state index in [0.29, 0.717) is 0 Å². The second kappa shape index (κ2) is 13.1. The van der Waals surface area contributed by atoms with Gasteiger partial charge in [-0.15, -0.1) is 0 Å². The van der Waals surface area contributed by atoms with Crippen molar-refractivity contribution in [3.05, 3.63) is 154 Å². The van der Waals surface area contributed by atoms with Gasteiger partial charge in [-0.1, -0.05) is 0 Å². The van der Waals surface area contributed by atoms with Crippen molar-refractivity contribution in [3.8, 4) is 22.3 Å². The van der Waals surface area contributed by atoms with E-state index in [1.807, 2.05) is 0 Å². The zero-order valence-corrected chi connectivity index (χ0v) is 35.8. The first-order valence-electron chi connectivity index (χ1n) is 18.8. The predicted octanol–water partition coefficient (Wildman–Crippen LogP) is 14.7. The third kappa shape index (κ3) is 5.38. The molecule has 0 aromatic heterocycles. The van der Waals surface area contributed by atoms with Crippen LogP contribution in [0.15, 0.2) is 120 Å². The Morgan fingerprint density at radius 2 is 1.02 bits per heavy atom. The Morgan fingerprint density at radius 1 is 0.549 bits per heavy atom. The van der Waals surface area contributed by atoms with E-state index in [0.717, 1.165) is 18.5 Å². The van der Waals surface area contributed by atoms with Crippen LogP contribution in [0.1, 0.15) is 74.7 Å². The number of hydrogen-bond acceptors (Lipinski definition) is 0. The predicted molar refractivity (Wildman–Crippen MR) is 225 cm³/mol. The zero-order valence-electron chi connectivity index (χ0n) is 30.7. The molecule has 0 bridgehead atoms. The van der Waals surface area contributed by atoms with Gasteiger partial charge in [0, 0.05) is 0 Å². The van der Waals surface area contributed by atoms with Crippen molar-refractivity contribution in [3.63, 3.8) is 0 Å². The van der Waals surface area contributed by atoms with E-state index in [2.05, 4.69) is 163 Å². The molecule has 2 atom stereocenters. The maximum absolute atomic E-state index is 8.95. The molecule has 0 nitrogen and oxygen atoms in total. The third-order valence-corrected chi connectivity index (χ3v) is 62.5. The summed E-state index contributed by atoms with van der Waals surface area (Å²) in [6.45, 7) is 14.0. The summed E-state index contributed by atoms with van der Waals surface area (Å²) >= 11 is -4.97. The summed E-state index contributed by atoms with van der Waals surface area (Å²) in [4.78, 5) is 0. The molecule has 0 fully saturated rings. The van der Waals surface area contributed by atoms with Gasteiger partial charge in [0.1, 0.15) is 0 Å². The van der Waals surface area contributed by atoms with E-state index in [1.165, 1.54) is 88.3 Å². The Hall–Kier alpha value is -3.00. The molecule has 8 rings (SSSR count). The van der Waals surface area contributed by atoms with Crippen LogP contribution >= 0.6 is 17.0 Å². The standard InChI is InChI=1S/C22H19.C21H17.C4H11Si.2ClH.Zr/c1-3-16-12-21-15(2)8-11-20(22(21)13-16)19-10-9-17-6-4-5-7-18(17)14-19;1-14-11-20-15(2)7-10-19(21(20)12-14)18-9-8-16-5-3-4-6-17(16)13-18;1-3-5-4-2;;;/h4-14H,3H2,1-2H3;3-13H,1-2H3;5H,3-4H2,1-2H3;2*1H;/q;;;;;+2/p-2. The maximum atomic E-state index is 8.95. The van der Waals surface area contributed by atoms with Crippen LogP contribution in [0.4, 0.5) is 0 Å². The van der Waals surface area contributed by atoms with Crippen LogP contribution in [0, 0.1) is 13.8 Å². The summed E-state index contributed by atoms with van der Waals surface area (Å²) in [5.74, 6) is -1.68. The SMILES string of the molecule is CCC1=Cc2c(-c3ccc4ccccc4c3)ccc(C)c2[CH]1[Zr]([Cl])([Cl])([CH]1C(C)=Cc2c(-c3ccc4ccccc4c3)ccc(C)c21)[SiH](CC)CC. The van der Waals surface area contributed by atoms with Gasteiger partial charge in [0.25, 0.3) is 0 Å². The van der Waals surface area contributed by atoms with Gasteiger partial charge < -0.3 is 0 Å². The minimum atomic E-state index is -4.97. The fourth-order valence-electron chi connectivity index (χ4n) is 10.1. The number of halogens is 2. The van der Waals surface area contributed by atoms with E-state index in [-0.39, 0.29) is 7.25 Å². The van der Waals surface area contributed by atoms with Crippen molar-refractivity contribution in [1.29, 1.82) is 0 Å². The Bertz CT molecular complexity index is 2430. The van der Waals surface area contributed by atoms with Gasteiger partial charge in [0.15, 0.2) is 0 Å². The van der Waals surface area contributed by atoms with Crippen molar-refractivity contribution in [2.75, 3.05) is 0 Å². The molecule has 2 unspecified atom stereocenters. The first kappa shape index (κ1) is 35.1. The van der Waals surface area contributed by atoms with E-state index >= 15 is 0 Å². The molecule has 4 heteroatoms. The van der Waals surface area contributed by atoms with Crippen LogP contribution in [0.25, 0.3) is 56.0 Å². The Kier molecular flexibility index (Phi) is 9.03. The molecular formula is C47H47Cl2SiZr. The topological polar surface area (TPSA) is 0 Å². The summed E-state index contributed by atoms with van der Waals surface area (Å²) in [6.07, 6.45) is 5.93. The van der Waals surface area contributed by atoms with Gasteiger partial charge in [-0.3, -0.25) is 0 Å². The molecular weight excluding hydrogens is 755 g/mol. The number of fused-ring (bicyclic) bond motifs is 4. The number of allylic oxidation sites excluding steroid dienone is 2. The molecule has 2 aliphatic rings. The number of rotatable bonds is 8. The first-order chi connectivity index (χ1) is 24.6. The molecule has 6 aromatic rings. The Balaban J connectivity index is 1.36. The number of benzene rings is 6. The summed E-state index contributed by atoms with van der Waals surface area (Å²) in [5, 5.41) is 5.07. The molecule has 0 saturated carbocycles. The zero-order chi connectivity index (χ0) is 35.7. The van der Waals surface area contributed by atoms with Crippen molar-refractivity contribution in [2.45, 2.75) is 67.3 Å². The minimum absolute atomic E-state index is 0.0800. The van der Waals surface area contributed by atoms with Crippen molar-refractivity contribution in [2.24, 2.45) is 0 Å². The van der Waals surface area contributed by atoms with Crippen LogP contribution in [-0.2, 0) is 15.6 Å². The molecule has 51 heavy (non-hydrogen) atoms. The molecule has 0 aliphatic heterocycles. The Labute approximate surface area is 313 Å². The summed E-state index contributed by atoms with van der Waals surface area (Å²) < 4.78 is 0.172. The molecule has 0 heterocycles. The van der Waals surface area contributed by atoms with Crippen molar-refractivity contribution < 1.29 is 15.6 Å². The molecule has 0 N–H and O–H groups in total. The summed E-state index contributed by atoms with van der Waals surface area (Å²) in [7, 11) is 17.9. The molecule has 0 amide bonds. The summed E-state index contributed by atoms with van der Waals surface area (Å²) in [5.41, 5.74) is 16.0. The monoisotopic (exact) mass is 799 g/mol.